The summed E-state index contributed by atoms with van der Waals surface area (Å²) in [4.78, 5) is 20.0. The number of hydrogen-bond acceptors (Lipinski definition) is 5. The third kappa shape index (κ3) is 3.76. The van der Waals surface area contributed by atoms with Gasteiger partial charge in [0.05, 0.1) is 24.7 Å². The van der Waals surface area contributed by atoms with Crippen LogP contribution in [0.25, 0.3) is 10.9 Å². The van der Waals surface area contributed by atoms with Crippen molar-refractivity contribution < 1.29 is 13.6 Å². The monoisotopic (exact) mass is 385 g/mol. The van der Waals surface area contributed by atoms with Crippen LogP contribution in [0.1, 0.15) is 12.8 Å². The van der Waals surface area contributed by atoms with E-state index in [0.717, 1.165) is 11.8 Å². The summed E-state index contributed by atoms with van der Waals surface area (Å²) in [5, 5.41) is 13.3. The summed E-state index contributed by atoms with van der Waals surface area (Å²) in [5.41, 5.74) is 1.28. The number of amides is 1. The number of pyridine rings is 1. The van der Waals surface area contributed by atoms with Crippen LogP contribution < -0.4 is 5.32 Å². The summed E-state index contributed by atoms with van der Waals surface area (Å²) in [6, 6.07) is 7.96. The van der Waals surface area contributed by atoms with Crippen molar-refractivity contribution in [2.45, 2.75) is 31.1 Å². The van der Waals surface area contributed by atoms with Crippen molar-refractivity contribution in [1.29, 1.82) is 5.26 Å². The first kappa shape index (κ1) is 18.6. The number of rotatable bonds is 4. The highest BCUT2D eigenvalue weighted by Gasteiger charge is 2.36. The van der Waals surface area contributed by atoms with Crippen molar-refractivity contribution in [2.75, 3.05) is 31.5 Å². The van der Waals surface area contributed by atoms with Gasteiger partial charge in [-0.25, -0.2) is 8.78 Å². The predicted molar refractivity (Wildman–Crippen MR) is 101 cm³/mol. The van der Waals surface area contributed by atoms with E-state index in [9.17, 15) is 13.6 Å². The highest BCUT2D eigenvalue weighted by atomic mass is 19.1. The first-order valence-electron chi connectivity index (χ1n) is 9.40. The molecule has 8 heteroatoms. The SMILES string of the molecule is N#CC1C[C@H](F)CN1C(=O)CN1CC[C@H](Nc2cc(F)cc3ncccc23)C1. The van der Waals surface area contributed by atoms with Crippen LogP contribution in [0.4, 0.5) is 14.5 Å². The second kappa shape index (κ2) is 7.68. The third-order valence-corrected chi connectivity index (χ3v) is 5.40. The molecule has 146 valence electrons. The zero-order valence-electron chi connectivity index (χ0n) is 15.3. The number of benzene rings is 1. The molecule has 0 bridgehead atoms. The summed E-state index contributed by atoms with van der Waals surface area (Å²) < 4.78 is 27.4. The fraction of sp³-hybridized carbons (Fsp3) is 0.450. The molecular weight excluding hydrogens is 364 g/mol. The van der Waals surface area contributed by atoms with Gasteiger partial charge in [-0.2, -0.15) is 5.26 Å². The van der Waals surface area contributed by atoms with Crippen LogP contribution >= 0.6 is 0 Å². The Bertz CT molecular complexity index is 930. The Morgan fingerprint density at radius 3 is 3.07 bits per heavy atom. The molecule has 4 rings (SSSR count). The molecule has 28 heavy (non-hydrogen) atoms. The number of likely N-dealkylation sites (tertiary alicyclic amines) is 2. The molecule has 3 heterocycles. The van der Waals surface area contributed by atoms with Crippen LogP contribution in [0.3, 0.4) is 0 Å². The maximum absolute atomic E-state index is 13.9. The van der Waals surface area contributed by atoms with Gasteiger partial charge >= 0.3 is 0 Å². The van der Waals surface area contributed by atoms with E-state index in [1.54, 1.807) is 6.20 Å². The van der Waals surface area contributed by atoms with Crippen LogP contribution in [0.2, 0.25) is 0 Å². The molecule has 2 fully saturated rings. The van der Waals surface area contributed by atoms with Crippen molar-refractivity contribution in [2.24, 2.45) is 0 Å². The molecule has 2 aliphatic heterocycles. The number of nitrogens with one attached hydrogen (secondary N) is 1. The van der Waals surface area contributed by atoms with Crippen LogP contribution in [0, 0.1) is 17.1 Å². The Morgan fingerprint density at radius 2 is 2.25 bits per heavy atom. The summed E-state index contributed by atoms with van der Waals surface area (Å²) in [6.45, 7) is 1.48. The van der Waals surface area contributed by atoms with Crippen molar-refractivity contribution >= 4 is 22.5 Å². The maximum Gasteiger partial charge on any atom is 0.237 e. The Hall–Kier alpha value is -2.79. The highest BCUT2D eigenvalue weighted by molar-refractivity contribution is 5.91. The Kier molecular flexibility index (Phi) is 5.09. The second-order valence-electron chi connectivity index (χ2n) is 7.41. The lowest BCUT2D eigenvalue weighted by Gasteiger charge is -2.23. The lowest BCUT2D eigenvalue weighted by Crippen LogP contribution is -2.42. The molecule has 0 aliphatic carbocycles. The molecule has 1 aromatic carbocycles. The maximum atomic E-state index is 13.9. The van der Waals surface area contributed by atoms with E-state index in [-0.39, 0.29) is 37.3 Å². The summed E-state index contributed by atoms with van der Waals surface area (Å²) >= 11 is 0. The van der Waals surface area contributed by atoms with Gasteiger partial charge in [0.1, 0.15) is 18.0 Å². The highest BCUT2D eigenvalue weighted by Crippen LogP contribution is 2.26. The number of nitrogens with zero attached hydrogens (tertiary/aromatic N) is 4. The molecular formula is C20H21F2N5O. The number of carbonyl (C=O) groups is 1. The average Bonchev–Trinajstić information content (AvgIpc) is 3.27. The fourth-order valence-corrected chi connectivity index (χ4v) is 4.05. The molecule has 3 atom stereocenters. The van der Waals surface area contributed by atoms with Crippen molar-refractivity contribution in [3.63, 3.8) is 0 Å². The topological polar surface area (TPSA) is 72.3 Å². The average molecular weight is 385 g/mol. The van der Waals surface area contributed by atoms with Crippen LogP contribution in [-0.2, 0) is 4.79 Å². The van der Waals surface area contributed by atoms with Crippen molar-refractivity contribution in [3.05, 3.63) is 36.3 Å². The van der Waals surface area contributed by atoms with Crippen molar-refractivity contribution in [3.8, 4) is 6.07 Å². The smallest absolute Gasteiger partial charge is 0.237 e. The summed E-state index contributed by atoms with van der Waals surface area (Å²) in [7, 11) is 0. The van der Waals surface area contributed by atoms with Gasteiger partial charge in [-0.1, -0.05) is 0 Å². The number of fused-ring (bicyclic) bond motifs is 1. The quantitative estimate of drug-likeness (QED) is 0.875. The van der Waals surface area contributed by atoms with Crippen molar-refractivity contribution in [1.82, 2.24) is 14.8 Å². The zero-order valence-corrected chi connectivity index (χ0v) is 15.3. The summed E-state index contributed by atoms with van der Waals surface area (Å²) in [5.74, 6) is -0.566. The number of carbonyl (C=O) groups excluding carboxylic acids is 1. The molecule has 1 unspecified atom stereocenters. The molecule has 1 amide bonds. The molecule has 6 nitrogen and oxygen atoms in total. The van der Waals surface area contributed by atoms with E-state index in [1.165, 1.54) is 17.0 Å². The van der Waals surface area contributed by atoms with E-state index in [2.05, 4.69) is 10.3 Å². The Balaban J connectivity index is 1.39. The normalized spacial score (nSPS) is 25.2. The van der Waals surface area contributed by atoms with Gasteiger partial charge in [0.15, 0.2) is 0 Å². The van der Waals surface area contributed by atoms with Gasteiger partial charge in [0.2, 0.25) is 5.91 Å². The first-order chi connectivity index (χ1) is 13.5. The van der Waals surface area contributed by atoms with Gasteiger partial charge in [0.25, 0.3) is 0 Å². The van der Waals surface area contributed by atoms with Gasteiger partial charge < -0.3 is 10.2 Å². The minimum Gasteiger partial charge on any atom is -0.380 e. The predicted octanol–water partition coefficient (Wildman–Crippen LogP) is 2.32. The van der Waals surface area contributed by atoms with E-state index in [0.29, 0.717) is 24.3 Å². The second-order valence-corrected chi connectivity index (χ2v) is 7.41. The van der Waals surface area contributed by atoms with Crippen LogP contribution in [0.5, 0.6) is 0 Å². The van der Waals surface area contributed by atoms with Gasteiger partial charge in [-0.05, 0) is 24.6 Å². The first-order valence-corrected chi connectivity index (χ1v) is 9.40. The largest absolute Gasteiger partial charge is 0.380 e. The number of alkyl halides is 1. The van der Waals surface area contributed by atoms with Gasteiger partial charge in [0, 0.05) is 48.9 Å². The molecule has 2 saturated heterocycles. The molecule has 0 spiro atoms. The van der Waals surface area contributed by atoms with E-state index >= 15 is 0 Å². The summed E-state index contributed by atoms with van der Waals surface area (Å²) in [6.07, 6.45) is 1.39. The Labute approximate surface area is 161 Å². The minimum absolute atomic E-state index is 0.00510. The molecule has 2 aromatic rings. The zero-order chi connectivity index (χ0) is 19.7. The van der Waals surface area contributed by atoms with Gasteiger partial charge in [-0.3, -0.25) is 14.7 Å². The number of anilines is 1. The number of halogens is 2. The third-order valence-electron chi connectivity index (χ3n) is 5.40. The Morgan fingerprint density at radius 1 is 1.39 bits per heavy atom. The van der Waals surface area contributed by atoms with Crippen LogP contribution in [-0.4, -0.2) is 65.1 Å². The number of aromatic nitrogens is 1. The molecule has 0 saturated carbocycles. The van der Waals surface area contributed by atoms with E-state index in [1.807, 2.05) is 23.1 Å². The van der Waals surface area contributed by atoms with E-state index < -0.39 is 12.2 Å². The fourth-order valence-electron chi connectivity index (χ4n) is 4.05. The lowest BCUT2D eigenvalue weighted by atomic mass is 10.1. The number of nitriles is 1. The minimum atomic E-state index is -1.13. The lowest BCUT2D eigenvalue weighted by molar-refractivity contribution is -0.132. The standard InChI is InChI=1S/C20H21F2N5O/c21-13-7-18-17(2-1-4-24-18)19(8-13)25-15-3-5-26(11-15)12-20(28)27-10-14(22)6-16(27)9-23/h1-2,4,7-8,14-16,25H,3,5-6,10-12H2/t14-,15-,16?/m0/s1. The molecule has 1 N–H and O–H groups in total. The molecule has 0 radical (unpaired) electrons. The van der Waals surface area contributed by atoms with Gasteiger partial charge in [-0.15, -0.1) is 0 Å². The molecule has 2 aliphatic rings. The number of hydrogen-bond donors (Lipinski definition) is 1. The molecule has 1 aromatic heterocycles. The van der Waals surface area contributed by atoms with Crippen LogP contribution in [0.15, 0.2) is 30.5 Å². The van der Waals surface area contributed by atoms with E-state index in [4.69, 9.17) is 5.26 Å².